The molecule has 0 aromatic rings. The first-order valence-corrected chi connectivity index (χ1v) is 24.0. The summed E-state index contributed by atoms with van der Waals surface area (Å²) < 4.78 is 10.6. The number of carbonyl (C=O) groups is 2. The van der Waals surface area contributed by atoms with E-state index in [-0.39, 0.29) is 25.2 Å². The van der Waals surface area contributed by atoms with E-state index in [1.54, 1.807) is 0 Å². The van der Waals surface area contributed by atoms with E-state index in [4.69, 9.17) is 9.47 Å². The van der Waals surface area contributed by atoms with Gasteiger partial charge in [0, 0.05) is 12.8 Å². The van der Waals surface area contributed by atoms with E-state index < -0.39 is 6.10 Å². The fraction of sp³-hybridized carbons (Fsp3) is 0.840. The molecule has 0 saturated carbocycles. The molecule has 0 rings (SSSR count). The van der Waals surface area contributed by atoms with Crippen LogP contribution in [0.15, 0.2) is 36.5 Å². The van der Waals surface area contributed by atoms with Gasteiger partial charge in [-0.05, 0) is 51.4 Å². The Balaban J connectivity index is 3.46. The van der Waals surface area contributed by atoms with Crippen molar-refractivity contribution in [2.24, 2.45) is 0 Å². The zero-order valence-corrected chi connectivity index (χ0v) is 36.7. The highest BCUT2D eigenvalue weighted by molar-refractivity contribution is 5.70. The first-order chi connectivity index (χ1) is 27.1. The molecular weight excluding hydrogens is 681 g/mol. The summed E-state index contributed by atoms with van der Waals surface area (Å²) in [7, 11) is 0. The minimum absolute atomic E-state index is 0.0618. The topological polar surface area (TPSA) is 72.8 Å². The molecule has 1 unspecified atom stereocenters. The largest absolute Gasteiger partial charge is 0.462 e. The smallest absolute Gasteiger partial charge is 0.306 e. The molecule has 322 valence electrons. The molecule has 0 aliphatic heterocycles. The number of rotatable bonds is 44. The molecule has 0 aromatic heterocycles. The monoisotopic (exact) mass is 773 g/mol. The van der Waals surface area contributed by atoms with Crippen LogP contribution in [0.1, 0.15) is 251 Å². The molecule has 55 heavy (non-hydrogen) atoms. The van der Waals surface area contributed by atoms with Crippen LogP contribution < -0.4 is 0 Å². The molecule has 0 saturated heterocycles. The third-order valence-electron chi connectivity index (χ3n) is 10.7. The number of carbonyl (C=O) groups excluding carboxylic acids is 2. The van der Waals surface area contributed by atoms with E-state index in [1.807, 2.05) is 0 Å². The van der Waals surface area contributed by atoms with Gasteiger partial charge in [-0.1, -0.05) is 224 Å². The molecule has 0 aromatic carbocycles. The minimum atomic E-state index is -0.768. The maximum atomic E-state index is 12.2. The van der Waals surface area contributed by atoms with Gasteiger partial charge in [-0.25, -0.2) is 0 Å². The number of unbranched alkanes of at least 4 members (excludes halogenated alkanes) is 30. The van der Waals surface area contributed by atoms with Crippen molar-refractivity contribution in [3.63, 3.8) is 0 Å². The molecule has 0 bridgehead atoms. The Hall–Kier alpha value is -1.88. The van der Waals surface area contributed by atoms with Crippen LogP contribution in [0.2, 0.25) is 0 Å². The quantitative estimate of drug-likeness (QED) is 0.0379. The molecule has 0 aliphatic rings. The molecular formula is C50H92O5. The van der Waals surface area contributed by atoms with Gasteiger partial charge in [0.05, 0.1) is 6.61 Å². The second-order valence-corrected chi connectivity index (χ2v) is 16.2. The van der Waals surface area contributed by atoms with Crippen molar-refractivity contribution in [2.75, 3.05) is 13.2 Å². The summed E-state index contributed by atoms with van der Waals surface area (Å²) in [6.45, 7) is 4.14. The zero-order valence-electron chi connectivity index (χ0n) is 36.7. The first kappa shape index (κ1) is 53.1. The van der Waals surface area contributed by atoms with Gasteiger partial charge < -0.3 is 14.6 Å². The molecule has 0 amide bonds. The number of ether oxygens (including phenoxy) is 2. The predicted octanol–water partition coefficient (Wildman–Crippen LogP) is 15.6. The molecule has 1 atom stereocenters. The Morgan fingerprint density at radius 1 is 0.418 bits per heavy atom. The highest BCUT2D eigenvalue weighted by atomic mass is 16.6. The van der Waals surface area contributed by atoms with Crippen LogP contribution in [-0.2, 0) is 19.1 Å². The number of allylic oxidation sites excluding steroid dienone is 6. The van der Waals surface area contributed by atoms with Gasteiger partial charge in [-0.2, -0.15) is 0 Å². The van der Waals surface area contributed by atoms with Gasteiger partial charge in [0.15, 0.2) is 6.10 Å². The minimum Gasteiger partial charge on any atom is -0.462 e. The number of aliphatic hydroxyl groups excluding tert-OH is 1. The molecule has 0 aliphatic carbocycles. The average Bonchev–Trinajstić information content (AvgIpc) is 3.19. The standard InChI is InChI=1S/C50H92O5/c1-3-5-7-9-11-13-15-17-18-19-20-21-22-23-24-25-26-27-28-29-30-31-32-33-35-37-39-41-43-45-50(53)55-48(46-51)47-54-49(52)44-42-40-38-36-34-16-14-12-10-8-6-4-2/h15,17,19-20,22-23,48,51H,3-14,16,18,21,24-47H2,1-2H3/b17-15-,20-19-,23-22-. The summed E-state index contributed by atoms with van der Waals surface area (Å²) in [5, 5.41) is 9.58. The third-order valence-corrected chi connectivity index (χ3v) is 10.7. The van der Waals surface area contributed by atoms with E-state index in [9.17, 15) is 14.7 Å². The molecule has 1 N–H and O–H groups in total. The third kappa shape index (κ3) is 44.7. The maximum Gasteiger partial charge on any atom is 0.306 e. The molecule has 0 heterocycles. The lowest BCUT2D eigenvalue weighted by molar-refractivity contribution is -0.161. The summed E-state index contributed by atoms with van der Waals surface area (Å²) in [5.41, 5.74) is 0. The average molecular weight is 773 g/mol. The van der Waals surface area contributed by atoms with Gasteiger partial charge >= 0.3 is 11.9 Å². The molecule has 0 fully saturated rings. The van der Waals surface area contributed by atoms with Gasteiger partial charge in [0.1, 0.15) is 6.61 Å². The SMILES string of the molecule is CCCCCCC/C=C\C/C=C\C/C=C\CCCCCCCCCCCCCCCCC(=O)OC(CO)COC(=O)CCCCCCCCCCCCCC. The van der Waals surface area contributed by atoms with Crippen molar-refractivity contribution in [2.45, 2.75) is 258 Å². The predicted molar refractivity (Wildman–Crippen MR) is 238 cm³/mol. The molecule has 0 radical (unpaired) electrons. The lowest BCUT2D eigenvalue weighted by Crippen LogP contribution is -2.28. The fourth-order valence-electron chi connectivity index (χ4n) is 7.03. The summed E-state index contributed by atoms with van der Waals surface area (Å²) in [5.74, 6) is -0.582. The zero-order chi connectivity index (χ0) is 40.0. The van der Waals surface area contributed by atoms with Crippen molar-refractivity contribution in [1.29, 1.82) is 0 Å². The van der Waals surface area contributed by atoms with E-state index in [2.05, 4.69) is 50.3 Å². The van der Waals surface area contributed by atoms with E-state index in [0.717, 1.165) is 51.4 Å². The van der Waals surface area contributed by atoms with Crippen molar-refractivity contribution in [3.05, 3.63) is 36.5 Å². The van der Waals surface area contributed by atoms with Gasteiger partial charge in [0.25, 0.3) is 0 Å². The summed E-state index contributed by atoms with van der Waals surface area (Å²) in [6, 6.07) is 0. The molecule has 0 spiro atoms. The van der Waals surface area contributed by atoms with Crippen LogP contribution in [-0.4, -0.2) is 36.4 Å². The second kappa shape index (κ2) is 46.5. The number of hydrogen-bond donors (Lipinski definition) is 1. The number of esters is 2. The van der Waals surface area contributed by atoms with Gasteiger partial charge in [-0.3, -0.25) is 9.59 Å². The molecule has 5 heteroatoms. The fourth-order valence-corrected chi connectivity index (χ4v) is 7.03. The normalized spacial score (nSPS) is 12.4. The van der Waals surface area contributed by atoms with Crippen molar-refractivity contribution < 1.29 is 24.2 Å². The highest BCUT2D eigenvalue weighted by Gasteiger charge is 2.16. The van der Waals surface area contributed by atoms with Gasteiger partial charge in [-0.15, -0.1) is 0 Å². The Labute approximate surface area is 342 Å². The Morgan fingerprint density at radius 2 is 0.727 bits per heavy atom. The second-order valence-electron chi connectivity index (χ2n) is 16.2. The Bertz CT molecular complexity index is 877. The Morgan fingerprint density at radius 3 is 1.09 bits per heavy atom. The van der Waals surface area contributed by atoms with Crippen molar-refractivity contribution >= 4 is 11.9 Å². The van der Waals surface area contributed by atoms with E-state index >= 15 is 0 Å². The summed E-state index contributed by atoms with van der Waals surface area (Å²) in [6.07, 6.45) is 58.1. The van der Waals surface area contributed by atoms with Crippen LogP contribution in [0.5, 0.6) is 0 Å². The summed E-state index contributed by atoms with van der Waals surface area (Å²) in [4.78, 5) is 24.3. The maximum absolute atomic E-state index is 12.2. The van der Waals surface area contributed by atoms with Gasteiger partial charge in [0.2, 0.25) is 0 Å². The van der Waals surface area contributed by atoms with Crippen molar-refractivity contribution in [1.82, 2.24) is 0 Å². The van der Waals surface area contributed by atoms with Crippen molar-refractivity contribution in [3.8, 4) is 0 Å². The first-order valence-electron chi connectivity index (χ1n) is 24.0. The van der Waals surface area contributed by atoms with Crippen LogP contribution in [0.3, 0.4) is 0 Å². The molecule has 5 nitrogen and oxygen atoms in total. The van der Waals surface area contributed by atoms with Crippen LogP contribution in [0.25, 0.3) is 0 Å². The van der Waals surface area contributed by atoms with E-state index in [1.165, 1.54) is 173 Å². The van der Waals surface area contributed by atoms with Crippen LogP contribution in [0.4, 0.5) is 0 Å². The lowest BCUT2D eigenvalue weighted by atomic mass is 10.0. The highest BCUT2D eigenvalue weighted by Crippen LogP contribution is 2.16. The lowest BCUT2D eigenvalue weighted by Gasteiger charge is -2.15. The number of aliphatic hydroxyl groups is 1. The number of hydrogen-bond acceptors (Lipinski definition) is 5. The van der Waals surface area contributed by atoms with E-state index in [0.29, 0.717) is 12.8 Å². The van der Waals surface area contributed by atoms with Crippen LogP contribution in [0, 0.1) is 0 Å². The summed E-state index contributed by atoms with van der Waals surface area (Å²) >= 11 is 0. The Kier molecular flexibility index (Phi) is 44.9. The van der Waals surface area contributed by atoms with Crippen LogP contribution >= 0.6 is 0 Å².